The second kappa shape index (κ2) is 8.62. The van der Waals surface area contributed by atoms with Crippen molar-refractivity contribution in [3.8, 4) is 22.8 Å². The average molecular weight is 389 g/mol. The maximum atomic E-state index is 5.30. The number of methoxy groups -OCH3 is 2. The molecule has 5 heteroatoms. The molecule has 150 valence electrons. The standard InChI is InChI=1S/C24H27N3O2/c1-17-25-23-13-15-27(16-18-4-8-20(28-2)9-5-18)14-12-22(23)24(26-17)19-6-10-21(29-3)11-7-19/h4-11H,12-16H2,1-3H3. The van der Waals surface area contributed by atoms with Crippen molar-refractivity contribution in [2.45, 2.75) is 26.3 Å². The summed E-state index contributed by atoms with van der Waals surface area (Å²) in [4.78, 5) is 12.1. The zero-order chi connectivity index (χ0) is 20.2. The summed E-state index contributed by atoms with van der Waals surface area (Å²) in [5.74, 6) is 2.58. The lowest BCUT2D eigenvalue weighted by atomic mass is 10.0. The van der Waals surface area contributed by atoms with Crippen LogP contribution < -0.4 is 9.47 Å². The van der Waals surface area contributed by atoms with Crippen LogP contribution in [0, 0.1) is 6.92 Å². The molecule has 1 aliphatic rings. The predicted molar refractivity (Wildman–Crippen MR) is 114 cm³/mol. The van der Waals surface area contributed by atoms with Gasteiger partial charge in [0.15, 0.2) is 0 Å². The van der Waals surface area contributed by atoms with Crippen LogP contribution in [0.15, 0.2) is 48.5 Å². The number of hydrogen-bond acceptors (Lipinski definition) is 5. The topological polar surface area (TPSA) is 47.5 Å². The number of nitrogens with zero attached hydrogens (tertiary/aromatic N) is 3. The Bertz CT molecular complexity index is 969. The smallest absolute Gasteiger partial charge is 0.126 e. The van der Waals surface area contributed by atoms with E-state index in [1.165, 1.54) is 16.8 Å². The van der Waals surface area contributed by atoms with Crippen LogP contribution in [0.4, 0.5) is 0 Å². The van der Waals surface area contributed by atoms with Crippen LogP contribution in [-0.4, -0.2) is 42.2 Å². The fraction of sp³-hybridized carbons (Fsp3) is 0.333. The number of benzene rings is 2. The highest BCUT2D eigenvalue weighted by Crippen LogP contribution is 2.28. The number of hydrogen-bond donors (Lipinski definition) is 0. The second-order valence-electron chi connectivity index (χ2n) is 7.40. The van der Waals surface area contributed by atoms with Gasteiger partial charge in [-0.15, -0.1) is 0 Å². The average Bonchev–Trinajstić information content (AvgIpc) is 2.96. The summed E-state index contributed by atoms with van der Waals surface area (Å²) in [6.07, 6.45) is 1.89. The largest absolute Gasteiger partial charge is 0.497 e. The lowest BCUT2D eigenvalue weighted by Crippen LogP contribution is -2.25. The van der Waals surface area contributed by atoms with Crippen LogP contribution in [0.25, 0.3) is 11.3 Å². The molecule has 0 saturated heterocycles. The van der Waals surface area contributed by atoms with E-state index in [4.69, 9.17) is 19.4 Å². The first-order valence-corrected chi connectivity index (χ1v) is 10.0. The number of rotatable bonds is 5. The Hall–Kier alpha value is -2.92. The van der Waals surface area contributed by atoms with Gasteiger partial charge in [0.2, 0.25) is 0 Å². The van der Waals surface area contributed by atoms with E-state index in [2.05, 4.69) is 29.2 Å². The third-order valence-corrected chi connectivity index (χ3v) is 5.48. The van der Waals surface area contributed by atoms with Gasteiger partial charge in [-0.05, 0) is 55.3 Å². The van der Waals surface area contributed by atoms with Gasteiger partial charge in [0, 0.05) is 42.9 Å². The molecular formula is C24H27N3O2. The van der Waals surface area contributed by atoms with Crippen LogP contribution in [0.2, 0.25) is 0 Å². The van der Waals surface area contributed by atoms with Gasteiger partial charge < -0.3 is 9.47 Å². The molecule has 0 spiro atoms. The molecule has 1 aliphatic heterocycles. The van der Waals surface area contributed by atoms with Crippen LogP contribution in [0.1, 0.15) is 22.6 Å². The molecule has 29 heavy (non-hydrogen) atoms. The Morgan fingerprint density at radius 2 is 1.45 bits per heavy atom. The molecule has 0 unspecified atom stereocenters. The molecule has 0 N–H and O–H groups in total. The molecule has 0 aliphatic carbocycles. The number of fused-ring (bicyclic) bond motifs is 1. The van der Waals surface area contributed by atoms with Crippen molar-refractivity contribution in [1.82, 2.24) is 14.9 Å². The van der Waals surface area contributed by atoms with Gasteiger partial charge in [0.25, 0.3) is 0 Å². The number of aromatic nitrogens is 2. The van der Waals surface area contributed by atoms with Gasteiger partial charge in [-0.3, -0.25) is 4.90 Å². The van der Waals surface area contributed by atoms with E-state index in [1.807, 2.05) is 31.2 Å². The summed E-state index contributed by atoms with van der Waals surface area (Å²) in [7, 11) is 3.39. The molecule has 3 aromatic rings. The third-order valence-electron chi connectivity index (χ3n) is 5.48. The maximum Gasteiger partial charge on any atom is 0.126 e. The highest BCUT2D eigenvalue weighted by atomic mass is 16.5. The van der Waals surface area contributed by atoms with Gasteiger partial charge in [0.05, 0.1) is 19.9 Å². The fourth-order valence-corrected chi connectivity index (χ4v) is 3.90. The molecular weight excluding hydrogens is 362 g/mol. The SMILES string of the molecule is COc1ccc(CN2CCc3nc(C)nc(-c4ccc(OC)cc4)c3CC2)cc1. The summed E-state index contributed by atoms with van der Waals surface area (Å²) in [5, 5.41) is 0. The molecule has 5 nitrogen and oxygen atoms in total. The Morgan fingerprint density at radius 1 is 0.828 bits per heavy atom. The van der Waals surface area contributed by atoms with Crippen molar-refractivity contribution < 1.29 is 9.47 Å². The summed E-state index contributed by atoms with van der Waals surface area (Å²) < 4.78 is 10.6. The van der Waals surface area contributed by atoms with Gasteiger partial charge in [0.1, 0.15) is 17.3 Å². The molecule has 4 rings (SSSR count). The lowest BCUT2D eigenvalue weighted by Gasteiger charge is -2.19. The zero-order valence-corrected chi connectivity index (χ0v) is 17.3. The molecule has 0 fully saturated rings. The first-order valence-electron chi connectivity index (χ1n) is 10.0. The highest BCUT2D eigenvalue weighted by molar-refractivity contribution is 5.65. The first-order chi connectivity index (χ1) is 14.2. The van der Waals surface area contributed by atoms with Crippen LogP contribution in [0.3, 0.4) is 0 Å². The normalized spacial score (nSPS) is 14.2. The summed E-state index contributed by atoms with van der Waals surface area (Å²) in [5.41, 5.74) is 5.94. The van der Waals surface area contributed by atoms with Crippen molar-refractivity contribution in [2.75, 3.05) is 27.3 Å². The molecule has 0 saturated carbocycles. The van der Waals surface area contributed by atoms with E-state index in [-0.39, 0.29) is 0 Å². The van der Waals surface area contributed by atoms with E-state index < -0.39 is 0 Å². The molecule has 0 radical (unpaired) electrons. The van der Waals surface area contributed by atoms with Crippen LogP contribution >= 0.6 is 0 Å². The van der Waals surface area contributed by atoms with E-state index in [1.54, 1.807) is 14.2 Å². The number of ether oxygens (including phenoxy) is 2. The minimum atomic E-state index is 0.832. The van der Waals surface area contributed by atoms with E-state index in [0.29, 0.717) is 0 Å². The molecule has 1 aromatic heterocycles. The van der Waals surface area contributed by atoms with Crippen molar-refractivity contribution in [1.29, 1.82) is 0 Å². The molecule has 2 aromatic carbocycles. The van der Waals surface area contributed by atoms with Gasteiger partial charge in [-0.2, -0.15) is 0 Å². The molecule has 0 bridgehead atoms. The van der Waals surface area contributed by atoms with Crippen LogP contribution in [0.5, 0.6) is 11.5 Å². The Kier molecular flexibility index (Phi) is 5.76. The molecule has 0 amide bonds. The van der Waals surface area contributed by atoms with Crippen molar-refractivity contribution in [2.24, 2.45) is 0 Å². The minimum Gasteiger partial charge on any atom is -0.497 e. The van der Waals surface area contributed by atoms with Gasteiger partial charge in [-0.25, -0.2) is 9.97 Å². The summed E-state index contributed by atoms with van der Waals surface area (Å²) in [6, 6.07) is 16.5. The zero-order valence-electron chi connectivity index (χ0n) is 17.3. The Balaban J connectivity index is 1.55. The van der Waals surface area contributed by atoms with E-state index in [0.717, 1.165) is 61.1 Å². The molecule has 0 atom stereocenters. The van der Waals surface area contributed by atoms with Crippen molar-refractivity contribution >= 4 is 0 Å². The fourth-order valence-electron chi connectivity index (χ4n) is 3.90. The van der Waals surface area contributed by atoms with E-state index in [9.17, 15) is 0 Å². The van der Waals surface area contributed by atoms with Gasteiger partial charge >= 0.3 is 0 Å². The monoisotopic (exact) mass is 389 g/mol. The predicted octanol–water partition coefficient (Wildman–Crippen LogP) is 4.07. The summed E-state index contributed by atoms with van der Waals surface area (Å²) >= 11 is 0. The van der Waals surface area contributed by atoms with Crippen molar-refractivity contribution in [3.05, 3.63) is 71.2 Å². The number of aryl methyl sites for hydroxylation is 1. The molecule has 2 heterocycles. The first kappa shape index (κ1) is 19.4. The third kappa shape index (κ3) is 4.40. The quantitative estimate of drug-likeness (QED) is 0.658. The van der Waals surface area contributed by atoms with Crippen LogP contribution in [-0.2, 0) is 19.4 Å². The summed E-state index contributed by atoms with van der Waals surface area (Å²) in [6.45, 7) is 4.90. The lowest BCUT2D eigenvalue weighted by molar-refractivity contribution is 0.279. The Labute approximate surface area is 172 Å². The highest BCUT2D eigenvalue weighted by Gasteiger charge is 2.20. The minimum absolute atomic E-state index is 0.832. The van der Waals surface area contributed by atoms with Gasteiger partial charge in [-0.1, -0.05) is 12.1 Å². The second-order valence-corrected chi connectivity index (χ2v) is 7.40. The maximum absolute atomic E-state index is 5.30. The van der Waals surface area contributed by atoms with E-state index >= 15 is 0 Å². The van der Waals surface area contributed by atoms with Crippen molar-refractivity contribution in [3.63, 3.8) is 0 Å². The Morgan fingerprint density at radius 3 is 2.10 bits per heavy atom.